The Morgan fingerprint density at radius 3 is 2.67 bits per heavy atom. The van der Waals surface area contributed by atoms with Crippen LogP contribution in [-0.4, -0.2) is 43.6 Å². The van der Waals surface area contributed by atoms with Gasteiger partial charge in [0.15, 0.2) is 0 Å². The third-order valence-electron chi connectivity index (χ3n) is 4.85. The number of likely N-dealkylation sites (N-methyl/N-ethyl adjacent to an activating group) is 1. The van der Waals surface area contributed by atoms with E-state index in [4.69, 9.17) is 0 Å². The van der Waals surface area contributed by atoms with Gasteiger partial charge in [0.05, 0.1) is 5.56 Å². The highest BCUT2D eigenvalue weighted by molar-refractivity contribution is 5.76. The van der Waals surface area contributed by atoms with Crippen LogP contribution in [0.3, 0.4) is 0 Å². The molecule has 1 aromatic heterocycles. The lowest BCUT2D eigenvalue weighted by Gasteiger charge is -2.33. The van der Waals surface area contributed by atoms with Crippen LogP contribution in [0, 0.1) is 0 Å². The maximum atomic E-state index is 12.9. The van der Waals surface area contributed by atoms with Crippen LogP contribution in [0.1, 0.15) is 44.6 Å². The number of benzene rings is 1. The van der Waals surface area contributed by atoms with Gasteiger partial charge < -0.3 is 4.90 Å². The monoisotopic (exact) mass is 381 g/mol. The quantitative estimate of drug-likeness (QED) is 0.795. The maximum Gasteiger partial charge on any atom is 0.416 e. The number of rotatable bonds is 5. The van der Waals surface area contributed by atoms with Crippen molar-refractivity contribution in [2.45, 2.75) is 57.8 Å². The smallest absolute Gasteiger partial charge is 0.338 e. The Morgan fingerprint density at radius 1 is 1.26 bits per heavy atom. The molecule has 146 valence electrons. The predicted molar refractivity (Wildman–Crippen MR) is 92.5 cm³/mol. The molecule has 1 aliphatic rings. The molecule has 1 aromatic carbocycles. The van der Waals surface area contributed by atoms with Crippen molar-refractivity contribution in [1.29, 1.82) is 0 Å². The zero-order valence-corrected chi connectivity index (χ0v) is 15.1. The van der Waals surface area contributed by atoms with Gasteiger partial charge in [-0.15, -0.1) is 10.2 Å². The molecule has 0 atom stereocenters. The van der Waals surface area contributed by atoms with E-state index >= 15 is 0 Å². The fourth-order valence-corrected chi connectivity index (χ4v) is 3.50. The van der Waals surface area contributed by atoms with Crippen molar-refractivity contribution in [2.75, 3.05) is 6.54 Å². The Balaban J connectivity index is 1.71. The molecule has 1 aliphatic carbocycles. The molecule has 0 unspecified atom stereocenters. The summed E-state index contributed by atoms with van der Waals surface area (Å²) in [6.45, 7) is 2.48. The van der Waals surface area contributed by atoms with Crippen molar-refractivity contribution in [3.8, 4) is 11.4 Å². The Labute approximate surface area is 155 Å². The van der Waals surface area contributed by atoms with Crippen molar-refractivity contribution in [3.05, 3.63) is 29.8 Å². The third kappa shape index (κ3) is 4.64. The minimum atomic E-state index is -4.44. The van der Waals surface area contributed by atoms with E-state index in [-0.39, 0.29) is 29.9 Å². The van der Waals surface area contributed by atoms with Gasteiger partial charge in [0.2, 0.25) is 11.7 Å². The summed E-state index contributed by atoms with van der Waals surface area (Å²) < 4.78 is 38.6. The molecule has 0 radical (unpaired) electrons. The highest BCUT2D eigenvalue weighted by Crippen LogP contribution is 2.31. The lowest BCUT2D eigenvalue weighted by atomic mass is 9.94. The summed E-state index contributed by atoms with van der Waals surface area (Å²) in [6.07, 6.45) is 1.00. The van der Waals surface area contributed by atoms with Crippen LogP contribution in [0.15, 0.2) is 24.3 Å². The second-order valence-corrected chi connectivity index (χ2v) is 6.69. The van der Waals surface area contributed by atoms with Crippen molar-refractivity contribution < 1.29 is 18.0 Å². The Morgan fingerprint density at radius 2 is 2.00 bits per heavy atom. The standard InChI is InChI=1S/C18H22F3N5O/c1-2-25(15-9-4-3-5-10-15)16(27)12-26-23-17(22-24-26)13-7-6-8-14(11-13)18(19,20)21/h6-8,11,15H,2-5,9-10,12H2,1H3. The molecule has 0 aliphatic heterocycles. The maximum absolute atomic E-state index is 12.9. The average Bonchev–Trinajstić information content (AvgIpc) is 3.11. The minimum absolute atomic E-state index is 0.0645. The molecular formula is C18H22F3N5O. The van der Waals surface area contributed by atoms with E-state index < -0.39 is 11.7 Å². The number of hydrogen-bond donors (Lipinski definition) is 0. The number of carbonyl (C=O) groups excluding carboxylic acids is 1. The molecule has 9 heteroatoms. The van der Waals surface area contributed by atoms with Gasteiger partial charge in [-0.2, -0.15) is 18.0 Å². The second kappa shape index (κ2) is 8.06. The molecule has 27 heavy (non-hydrogen) atoms. The van der Waals surface area contributed by atoms with Gasteiger partial charge in [-0.1, -0.05) is 31.4 Å². The normalized spacial score (nSPS) is 15.7. The molecule has 0 N–H and O–H groups in total. The number of aromatic nitrogens is 4. The molecule has 0 bridgehead atoms. The highest BCUT2D eigenvalue weighted by Gasteiger charge is 2.31. The molecule has 1 heterocycles. The van der Waals surface area contributed by atoms with E-state index in [1.807, 2.05) is 11.8 Å². The topological polar surface area (TPSA) is 63.9 Å². The van der Waals surface area contributed by atoms with Crippen LogP contribution in [0.2, 0.25) is 0 Å². The van der Waals surface area contributed by atoms with Gasteiger partial charge in [-0.3, -0.25) is 4.79 Å². The first kappa shape index (κ1) is 19.3. The number of hydrogen-bond acceptors (Lipinski definition) is 4. The van der Waals surface area contributed by atoms with Crippen molar-refractivity contribution in [1.82, 2.24) is 25.1 Å². The van der Waals surface area contributed by atoms with Gasteiger partial charge in [-0.25, -0.2) is 0 Å². The first-order valence-corrected chi connectivity index (χ1v) is 9.13. The number of amides is 1. The van der Waals surface area contributed by atoms with Crippen LogP contribution in [0.4, 0.5) is 13.2 Å². The molecule has 6 nitrogen and oxygen atoms in total. The van der Waals surface area contributed by atoms with Crippen LogP contribution >= 0.6 is 0 Å². The first-order chi connectivity index (χ1) is 12.9. The Hall–Kier alpha value is -2.45. The summed E-state index contributed by atoms with van der Waals surface area (Å²) in [5.41, 5.74) is -0.565. The van der Waals surface area contributed by atoms with E-state index in [1.165, 1.54) is 18.6 Å². The van der Waals surface area contributed by atoms with Crippen LogP contribution in [-0.2, 0) is 17.5 Å². The number of carbonyl (C=O) groups is 1. The zero-order valence-electron chi connectivity index (χ0n) is 15.1. The van der Waals surface area contributed by atoms with Crippen molar-refractivity contribution in [2.24, 2.45) is 0 Å². The average molecular weight is 381 g/mol. The van der Waals surface area contributed by atoms with Gasteiger partial charge in [-0.05, 0) is 37.1 Å². The molecule has 0 saturated heterocycles. The molecule has 1 saturated carbocycles. The molecule has 3 rings (SSSR count). The molecule has 1 amide bonds. The van der Waals surface area contributed by atoms with E-state index in [1.54, 1.807) is 0 Å². The minimum Gasteiger partial charge on any atom is -0.338 e. The number of alkyl halides is 3. The van der Waals surface area contributed by atoms with Crippen molar-refractivity contribution >= 4 is 5.91 Å². The van der Waals surface area contributed by atoms with Crippen LogP contribution in [0.25, 0.3) is 11.4 Å². The van der Waals surface area contributed by atoms with Gasteiger partial charge >= 0.3 is 6.18 Å². The lowest BCUT2D eigenvalue weighted by molar-refractivity contribution is -0.137. The third-order valence-corrected chi connectivity index (χ3v) is 4.85. The first-order valence-electron chi connectivity index (χ1n) is 9.13. The number of nitrogens with zero attached hydrogens (tertiary/aromatic N) is 5. The number of halogens is 3. The van der Waals surface area contributed by atoms with E-state index in [9.17, 15) is 18.0 Å². The van der Waals surface area contributed by atoms with Crippen LogP contribution < -0.4 is 0 Å². The highest BCUT2D eigenvalue weighted by atomic mass is 19.4. The SMILES string of the molecule is CCN(C(=O)Cn1nnc(-c2cccc(C(F)(F)F)c2)n1)C1CCCCC1. The van der Waals surface area contributed by atoms with Gasteiger partial charge in [0, 0.05) is 18.2 Å². The summed E-state index contributed by atoms with van der Waals surface area (Å²) in [7, 11) is 0. The summed E-state index contributed by atoms with van der Waals surface area (Å²) in [4.78, 5) is 15.6. The zero-order chi connectivity index (χ0) is 19.4. The largest absolute Gasteiger partial charge is 0.416 e. The molecule has 2 aromatic rings. The van der Waals surface area contributed by atoms with E-state index in [0.717, 1.165) is 42.6 Å². The van der Waals surface area contributed by atoms with Crippen LogP contribution in [0.5, 0.6) is 0 Å². The molecule has 1 fully saturated rings. The summed E-state index contributed by atoms with van der Waals surface area (Å²) in [5.74, 6) is -0.0352. The van der Waals surface area contributed by atoms with E-state index in [0.29, 0.717) is 6.54 Å². The van der Waals surface area contributed by atoms with Gasteiger partial charge in [0.25, 0.3) is 0 Å². The van der Waals surface area contributed by atoms with Gasteiger partial charge in [0.1, 0.15) is 6.54 Å². The predicted octanol–water partition coefficient (Wildman–Crippen LogP) is 3.54. The Bertz CT molecular complexity index is 783. The fourth-order valence-electron chi connectivity index (χ4n) is 3.50. The molecular weight excluding hydrogens is 359 g/mol. The second-order valence-electron chi connectivity index (χ2n) is 6.69. The summed E-state index contributed by atoms with van der Waals surface area (Å²) in [6, 6.07) is 4.98. The Kier molecular flexibility index (Phi) is 5.76. The number of tetrazole rings is 1. The summed E-state index contributed by atoms with van der Waals surface area (Å²) in [5, 5.41) is 11.7. The van der Waals surface area contributed by atoms with E-state index in [2.05, 4.69) is 15.4 Å². The molecule has 0 spiro atoms. The summed E-state index contributed by atoms with van der Waals surface area (Å²) >= 11 is 0. The van der Waals surface area contributed by atoms with Crippen molar-refractivity contribution in [3.63, 3.8) is 0 Å². The lowest BCUT2D eigenvalue weighted by Crippen LogP contribution is -2.43. The fraction of sp³-hybridized carbons (Fsp3) is 0.556.